The third-order valence-electron chi connectivity index (χ3n) is 15.4. The van der Waals surface area contributed by atoms with Gasteiger partial charge in [0.15, 0.2) is 6.61 Å². The third kappa shape index (κ3) is 24.7. The van der Waals surface area contributed by atoms with E-state index >= 15 is 0 Å². The number of carbonyl (C=O) groups excluding carboxylic acids is 4. The van der Waals surface area contributed by atoms with E-state index in [2.05, 4.69) is 51.9 Å². The molecule has 2 aromatic carbocycles. The number of H-pyrrole nitrogens is 1. The quantitative estimate of drug-likeness (QED) is 0.0212. The lowest BCUT2D eigenvalue weighted by Crippen LogP contribution is -2.50. The summed E-state index contributed by atoms with van der Waals surface area (Å²) in [5, 5.41) is 41.3. The number of nitrogens with one attached hydrogen (secondary N) is 5. The number of aromatic amines is 1. The maximum atomic E-state index is 13.9. The average Bonchev–Trinajstić information content (AvgIpc) is 1.68. The highest BCUT2D eigenvalue weighted by Gasteiger charge is 2.48. The minimum Gasteiger partial charge on any atom is -0.484 e. The normalized spacial score (nSPS) is 13.8. The number of anilines is 1. The van der Waals surface area contributed by atoms with Crippen molar-refractivity contribution in [2.75, 3.05) is 97.8 Å². The van der Waals surface area contributed by atoms with Gasteiger partial charge >= 0.3 is 5.97 Å². The molecule has 2 saturated carbocycles. The first-order chi connectivity index (χ1) is 45.1. The molecule has 93 heavy (non-hydrogen) atoms. The average molecular weight is 1290 g/mol. The summed E-state index contributed by atoms with van der Waals surface area (Å²) in [5.74, 6) is -0.462. The second-order valence-electron chi connectivity index (χ2n) is 24.2. The Kier molecular flexibility index (Phi) is 28.0. The molecule has 2 atom stereocenters. The molecule has 6 aromatic rings. The highest BCUT2D eigenvalue weighted by Crippen LogP contribution is 2.51. The summed E-state index contributed by atoms with van der Waals surface area (Å²) in [6.07, 6.45) is 11.7. The van der Waals surface area contributed by atoms with Gasteiger partial charge in [-0.1, -0.05) is 44.2 Å². The SMILES string of the molecule is Cc1[nH]nc(COCCCCn2cc(COCCOCCOCCOCCOCCOCCNC(=O)COc3cccc(Oc4ccc(C(=O)N[C@@H](CCC(C)(C)C)C(=O)O)cn4)c3)nn2)c1-c1ccc(NC(=O)[C@@H](NC(=O)c2ccnn2C)C(C2CC2)C2CC2)cc1. The molecule has 2 aliphatic carbocycles. The van der Waals surface area contributed by atoms with Gasteiger partial charge in [-0.25, -0.2) is 9.78 Å². The summed E-state index contributed by atoms with van der Waals surface area (Å²) in [5.41, 5.74) is 5.56. The van der Waals surface area contributed by atoms with Crippen LogP contribution in [0, 0.1) is 30.1 Å². The Morgan fingerprint density at radius 2 is 1.40 bits per heavy atom. The van der Waals surface area contributed by atoms with Crippen molar-refractivity contribution in [3.8, 4) is 28.5 Å². The van der Waals surface area contributed by atoms with Crippen LogP contribution in [0.2, 0.25) is 0 Å². The first kappa shape index (κ1) is 70.7. The van der Waals surface area contributed by atoms with Crippen LogP contribution in [-0.2, 0) is 74.3 Å². The van der Waals surface area contributed by atoms with Crippen LogP contribution < -0.4 is 30.7 Å². The summed E-state index contributed by atoms with van der Waals surface area (Å²) in [4.78, 5) is 68.2. The second-order valence-corrected chi connectivity index (χ2v) is 24.2. The Morgan fingerprint density at radius 3 is 2.02 bits per heavy atom. The summed E-state index contributed by atoms with van der Waals surface area (Å²) in [6.45, 7) is 14.3. The van der Waals surface area contributed by atoms with Gasteiger partial charge in [0.1, 0.15) is 35.0 Å². The lowest BCUT2D eigenvalue weighted by Gasteiger charge is -2.27. The van der Waals surface area contributed by atoms with Crippen molar-refractivity contribution < 1.29 is 71.7 Å². The molecule has 0 radical (unpaired) electrons. The molecule has 4 aromatic heterocycles. The van der Waals surface area contributed by atoms with Crippen molar-refractivity contribution in [2.45, 2.75) is 111 Å². The van der Waals surface area contributed by atoms with Crippen LogP contribution in [0.25, 0.3) is 11.1 Å². The van der Waals surface area contributed by atoms with E-state index in [0.29, 0.717) is 153 Å². The smallest absolute Gasteiger partial charge is 0.326 e. The van der Waals surface area contributed by atoms with Gasteiger partial charge < -0.3 is 69.0 Å². The number of aliphatic carboxylic acids is 1. The van der Waals surface area contributed by atoms with Crippen LogP contribution in [0.5, 0.6) is 17.4 Å². The molecule has 4 heterocycles. The molecule has 0 aliphatic heterocycles. The largest absolute Gasteiger partial charge is 0.484 e. The Hall–Kier alpha value is -8.18. The third-order valence-corrected chi connectivity index (χ3v) is 15.4. The number of benzene rings is 2. The molecule has 2 aliphatic rings. The molecule has 2 fully saturated rings. The van der Waals surface area contributed by atoms with Crippen molar-refractivity contribution in [1.29, 1.82) is 0 Å². The standard InChI is InChI=1S/C66H90N12O15/c1-45-59(46-15-18-50(19-16-46)70-64(82)61(60(47-11-12-47)48-13-14-48)72-63(81)56-22-24-69-77(56)5)55(75-73-45)43-90-27-7-6-26-78-41-51(74-76-78)42-91-38-37-89-36-35-88-34-33-87-32-31-86-30-29-85-28-25-67-57(79)44-92-52-9-8-10-53(39-52)93-58-20-17-49(40-68-58)62(80)71-54(65(83)84)21-23-66(2,3)4/h8-10,15-20,22,24,39-41,47-48,54,60-61H,6-7,11-14,21,23,25-38,42-44H2,1-5H3,(H,67,79)(H,70,82)(H,71,80)(H,72,81)(H,73,75)(H,83,84)/t54-,61-/m0/s1. The number of hydrogen-bond donors (Lipinski definition) is 6. The van der Waals surface area contributed by atoms with Crippen LogP contribution in [-0.4, -0.2) is 179 Å². The van der Waals surface area contributed by atoms with E-state index in [1.165, 1.54) is 23.0 Å². The predicted octanol–water partition coefficient (Wildman–Crippen LogP) is 6.87. The summed E-state index contributed by atoms with van der Waals surface area (Å²) >= 11 is 0. The molecule has 0 spiro atoms. The summed E-state index contributed by atoms with van der Waals surface area (Å²) in [6, 6.07) is 17.4. The zero-order chi connectivity index (χ0) is 65.8. The van der Waals surface area contributed by atoms with Gasteiger partial charge in [0.05, 0.1) is 103 Å². The van der Waals surface area contributed by atoms with Crippen LogP contribution >= 0.6 is 0 Å². The molecule has 0 saturated heterocycles. The van der Waals surface area contributed by atoms with Crippen LogP contribution in [0.15, 0.2) is 85.3 Å². The molecule has 0 unspecified atom stereocenters. The second kappa shape index (κ2) is 36.9. The molecule has 8 rings (SSSR count). The lowest BCUT2D eigenvalue weighted by atomic mass is 9.88. The fourth-order valence-corrected chi connectivity index (χ4v) is 10.2. The number of aryl methyl sites for hydroxylation is 3. The number of unbranched alkanes of at least 4 members (excludes halogenated alkanes) is 1. The van der Waals surface area contributed by atoms with E-state index in [1.807, 2.05) is 58.2 Å². The van der Waals surface area contributed by atoms with Crippen LogP contribution in [0.1, 0.15) is 110 Å². The zero-order valence-electron chi connectivity index (χ0n) is 53.9. The first-order valence-electron chi connectivity index (χ1n) is 31.9. The first-order valence-corrected chi connectivity index (χ1v) is 31.9. The monoisotopic (exact) mass is 1290 g/mol. The lowest BCUT2D eigenvalue weighted by molar-refractivity contribution is -0.139. The molecule has 27 heteroatoms. The van der Waals surface area contributed by atoms with E-state index in [4.69, 9.17) is 42.6 Å². The van der Waals surface area contributed by atoms with Crippen molar-refractivity contribution in [2.24, 2.45) is 30.2 Å². The number of rotatable bonds is 45. The Morgan fingerprint density at radius 1 is 0.742 bits per heavy atom. The summed E-state index contributed by atoms with van der Waals surface area (Å²) < 4.78 is 54.4. The fourth-order valence-electron chi connectivity index (χ4n) is 10.2. The molecule has 0 bridgehead atoms. The van der Waals surface area contributed by atoms with Gasteiger partial charge in [-0.05, 0) is 123 Å². The van der Waals surface area contributed by atoms with Gasteiger partial charge in [-0.15, -0.1) is 5.10 Å². The maximum absolute atomic E-state index is 13.9. The van der Waals surface area contributed by atoms with Crippen molar-refractivity contribution in [3.05, 3.63) is 114 Å². The maximum Gasteiger partial charge on any atom is 0.326 e. The number of carboxylic acids is 1. The molecule has 504 valence electrons. The topological polar surface area (TPSA) is 327 Å². The highest BCUT2D eigenvalue weighted by atomic mass is 16.6. The van der Waals surface area contributed by atoms with Gasteiger partial charge in [0, 0.05) is 68.2 Å². The minimum atomic E-state index is -1.10. The molecule has 27 nitrogen and oxygen atoms in total. The number of ether oxygens (including phenoxy) is 9. The van der Waals surface area contributed by atoms with E-state index in [-0.39, 0.29) is 47.1 Å². The highest BCUT2D eigenvalue weighted by molar-refractivity contribution is 6.01. The Bertz CT molecular complexity index is 3260. The van der Waals surface area contributed by atoms with Crippen LogP contribution in [0.4, 0.5) is 5.69 Å². The Balaban J connectivity index is 0.570. The van der Waals surface area contributed by atoms with E-state index in [0.717, 1.165) is 66.7 Å². The molecular formula is C66H90N12O15. The minimum absolute atomic E-state index is 0.0746. The number of carboxylic acid groups (broad SMARTS) is 1. The number of hydrogen-bond acceptors (Lipinski definition) is 19. The fraction of sp³-hybridized carbons (Fsp3) is 0.545. The van der Waals surface area contributed by atoms with Crippen molar-refractivity contribution in [3.63, 3.8) is 0 Å². The zero-order valence-corrected chi connectivity index (χ0v) is 53.9. The van der Waals surface area contributed by atoms with Crippen molar-refractivity contribution >= 4 is 35.3 Å². The van der Waals surface area contributed by atoms with Crippen molar-refractivity contribution in [1.82, 2.24) is 55.9 Å². The number of nitrogens with zero attached hydrogens (tertiary/aromatic N) is 7. The van der Waals surface area contributed by atoms with E-state index in [1.54, 1.807) is 48.3 Å². The van der Waals surface area contributed by atoms with Gasteiger partial charge in [-0.2, -0.15) is 10.2 Å². The van der Waals surface area contributed by atoms with Gasteiger partial charge in [0.25, 0.3) is 17.7 Å². The molecule has 4 amide bonds. The number of pyridine rings is 1. The molecule has 6 N–H and O–H groups in total. The van der Waals surface area contributed by atoms with Gasteiger partial charge in [0.2, 0.25) is 11.8 Å². The van der Waals surface area contributed by atoms with Gasteiger partial charge in [-0.3, -0.25) is 33.6 Å². The Labute approximate surface area is 542 Å². The van der Waals surface area contributed by atoms with E-state index < -0.39 is 24.0 Å². The predicted molar refractivity (Wildman–Crippen MR) is 340 cm³/mol. The number of amides is 4. The molecular weight excluding hydrogens is 1200 g/mol. The number of carbonyl (C=O) groups is 5. The van der Waals surface area contributed by atoms with Crippen LogP contribution in [0.3, 0.4) is 0 Å². The summed E-state index contributed by atoms with van der Waals surface area (Å²) in [7, 11) is 1.72. The number of aromatic nitrogens is 8. The van der Waals surface area contributed by atoms with E-state index in [9.17, 15) is 29.1 Å².